The van der Waals surface area contributed by atoms with E-state index >= 15 is 4.39 Å². The van der Waals surface area contributed by atoms with Crippen LogP contribution >= 0.6 is 0 Å². The number of morpholine rings is 1. The summed E-state index contributed by atoms with van der Waals surface area (Å²) in [6.07, 6.45) is 6.14. The first kappa shape index (κ1) is 21.8. The first-order chi connectivity index (χ1) is 16.5. The number of carbonyl (C=O) groups excluding carboxylic acids is 1. The highest BCUT2D eigenvalue weighted by Crippen LogP contribution is 2.25. The third-order valence-electron chi connectivity index (χ3n) is 5.78. The summed E-state index contributed by atoms with van der Waals surface area (Å²) in [7, 11) is 0. The maximum Gasteiger partial charge on any atom is 0.259 e. The first-order valence-electron chi connectivity index (χ1n) is 10.7. The number of aryl methyl sites for hydroxylation is 1. The third kappa shape index (κ3) is 4.05. The van der Waals surface area contributed by atoms with Gasteiger partial charge < -0.3 is 9.64 Å². The number of benzene rings is 2. The van der Waals surface area contributed by atoms with Gasteiger partial charge in [0.15, 0.2) is 0 Å². The van der Waals surface area contributed by atoms with Gasteiger partial charge >= 0.3 is 0 Å². The molecule has 1 fully saturated rings. The topological polar surface area (TPSA) is 91.0 Å². The van der Waals surface area contributed by atoms with Gasteiger partial charge in [0.25, 0.3) is 5.91 Å². The molecule has 3 heterocycles. The summed E-state index contributed by atoms with van der Waals surface area (Å²) < 4.78 is 35.6. The van der Waals surface area contributed by atoms with E-state index in [1.54, 1.807) is 31.2 Å². The van der Waals surface area contributed by atoms with E-state index in [-0.39, 0.29) is 30.8 Å². The maximum atomic E-state index is 15.3. The molecule has 0 aliphatic carbocycles. The zero-order chi connectivity index (χ0) is 23.7. The second-order valence-electron chi connectivity index (χ2n) is 7.93. The van der Waals surface area contributed by atoms with Crippen molar-refractivity contribution in [3.05, 3.63) is 83.4 Å². The SMILES string of the molecule is Cc1ccc(-n2nccn2)c(C(=O)N2CCOC[C@H]2Cc2cc(-n3nccn3)ccc2F)c1F. The Hall–Kier alpha value is -3.99. The average molecular weight is 465 g/mol. The average Bonchev–Trinajstić information content (AvgIpc) is 3.57. The second-order valence-corrected chi connectivity index (χ2v) is 7.93. The summed E-state index contributed by atoms with van der Waals surface area (Å²) in [4.78, 5) is 17.8. The Morgan fingerprint density at radius 3 is 2.47 bits per heavy atom. The lowest BCUT2D eigenvalue weighted by Gasteiger charge is -2.36. The summed E-state index contributed by atoms with van der Waals surface area (Å²) in [5, 5.41) is 16.3. The Kier molecular flexibility index (Phi) is 5.84. The molecule has 174 valence electrons. The maximum absolute atomic E-state index is 15.3. The van der Waals surface area contributed by atoms with Crippen molar-refractivity contribution in [2.45, 2.75) is 19.4 Å². The summed E-state index contributed by atoms with van der Waals surface area (Å²) in [6.45, 7) is 2.32. The quantitative estimate of drug-likeness (QED) is 0.450. The predicted octanol–water partition coefficient (Wildman–Crippen LogP) is 2.52. The highest BCUT2D eigenvalue weighted by Gasteiger charge is 2.33. The summed E-state index contributed by atoms with van der Waals surface area (Å²) in [5.74, 6) is -1.58. The molecule has 0 N–H and O–H groups in total. The molecule has 1 amide bonds. The molecular weight excluding hydrogens is 444 g/mol. The minimum absolute atomic E-state index is 0.127. The van der Waals surface area contributed by atoms with Crippen LogP contribution in [0.25, 0.3) is 11.4 Å². The van der Waals surface area contributed by atoms with Crippen LogP contribution in [-0.2, 0) is 11.2 Å². The van der Waals surface area contributed by atoms with E-state index in [1.165, 1.54) is 45.3 Å². The van der Waals surface area contributed by atoms with Gasteiger partial charge in [-0.3, -0.25) is 4.79 Å². The summed E-state index contributed by atoms with van der Waals surface area (Å²) >= 11 is 0. The smallest absolute Gasteiger partial charge is 0.259 e. The number of ether oxygens (including phenoxy) is 1. The number of rotatable bonds is 5. The van der Waals surface area contributed by atoms with Crippen LogP contribution in [0.1, 0.15) is 21.5 Å². The zero-order valence-electron chi connectivity index (χ0n) is 18.3. The van der Waals surface area contributed by atoms with Gasteiger partial charge in [-0.05, 0) is 48.7 Å². The van der Waals surface area contributed by atoms with E-state index in [4.69, 9.17) is 4.74 Å². The first-order valence-corrected chi connectivity index (χ1v) is 10.7. The Bertz CT molecular complexity index is 1310. The lowest BCUT2D eigenvalue weighted by atomic mass is 10.0. The van der Waals surface area contributed by atoms with Gasteiger partial charge in [0, 0.05) is 6.54 Å². The van der Waals surface area contributed by atoms with Gasteiger partial charge in [-0.1, -0.05) is 6.07 Å². The fourth-order valence-electron chi connectivity index (χ4n) is 4.06. The Morgan fingerprint density at radius 1 is 1.03 bits per heavy atom. The van der Waals surface area contributed by atoms with E-state index < -0.39 is 23.6 Å². The van der Waals surface area contributed by atoms with Crippen LogP contribution in [0, 0.1) is 18.6 Å². The number of amides is 1. The molecule has 0 spiro atoms. The lowest BCUT2D eigenvalue weighted by Crippen LogP contribution is -2.50. The molecule has 2 aromatic carbocycles. The molecule has 34 heavy (non-hydrogen) atoms. The van der Waals surface area contributed by atoms with Gasteiger partial charge in [-0.2, -0.15) is 30.0 Å². The fraction of sp³-hybridized carbons (Fsp3) is 0.261. The van der Waals surface area contributed by atoms with Crippen molar-refractivity contribution < 1.29 is 18.3 Å². The monoisotopic (exact) mass is 465 g/mol. The van der Waals surface area contributed by atoms with Crippen LogP contribution in [0.4, 0.5) is 8.78 Å². The van der Waals surface area contributed by atoms with E-state index in [1.807, 2.05) is 0 Å². The molecule has 0 bridgehead atoms. The van der Waals surface area contributed by atoms with E-state index in [0.29, 0.717) is 23.4 Å². The van der Waals surface area contributed by atoms with Crippen LogP contribution in [0.3, 0.4) is 0 Å². The van der Waals surface area contributed by atoms with Crippen molar-refractivity contribution in [3.8, 4) is 11.4 Å². The standard InChI is InChI=1S/C23H21F2N7O2/c1-15-2-5-20(32-28-8-9-29-32)21(22(15)25)23(33)30-10-11-34-14-18(30)13-16-12-17(3-4-19(16)24)31-26-6-7-27-31/h2-9,12,18H,10-11,13-14H2,1H3/t18-/m1/s1. The van der Waals surface area contributed by atoms with Crippen LogP contribution in [0.15, 0.2) is 55.1 Å². The van der Waals surface area contributed by atoms with Crippen molar-refractivity contribution in [2.75, 3.05) is 19.8 Å². The van der Waals surface area contributed by atoms with Crippen molar-refractivity contribution >= 4 is 5.91 Å². The highest BCUT2D eigenvalue weighted by molar-refractivity contribution is 5.98. The van der Waals surface area contributed by atoms with Gasteiger partial charge in [0.1, 0.15) is 22.9 Å². The van der Waals surface area contributed by atoms with Gasteiger partial charge in [0.2, 0.25) is 0 Å². The van der Waals surface area contributed by atoms with E-state index in [0.717, 1.165) is 0 Å². The number of aromatic nitrogens is 6. The minimum atomic E-state index is -0.636. The number of hydrogen-bond donors (Lipinski definition) is 0. The van der Waals surface area contributed by atoms with Crippen molar-refractivity contribution in [2.24, 2.45) is 0 Å². The zero-order valence-corrected chi connectivity index (χ0v) is 18.3. The molecule has 1 saturated heterocycles. The van der Waals surface area contributed by atoms with Crippen molar-refractivity contribution in [1.29, 1.82) is 0 Å². The number of carbonyl (C=O) groups is 1. The van der Waals surface area contributed by atoms with Crippen LogP contribution in [0.5, 0.6) is 0 Å². The molecule has 1 aliphatic rings. The molecule has 4 aromatic rings. The van der Waals surface area contributed by atoms with Gasteiger partial charge in [0.05, 0.1) is 49.7 Å². The van der Waals surface area contributed by atoms with Crippen molar-refractivity contribution in [3.63, 3.8) is 0 Å². The third-order valence-corrected chi connectivity index (χ3v) is 5.78. The van der Waals surface area contributed by atoms with Gasteiger partial charge in [-0.25, -0.2) is 8.78 Å². The number of halogens is 2. The normalized spacial score (nSPS) is 16.1. The fourth-order valence-corrected chi connectivity index (χ4v) is 4.06. The molecule has 9 nitrogen and oxygen atoms in total. The molecule has 11 heteroatoms. The van der Waals surface area contributed by atoms with Crippen LogP contribution < -0.4 is 0 Å². The molecule has 2 aromatic heterocycles. The largest absolute Gasteiger partial charge is 0.377 e. The highest BCUT2D eigenvalue weighted by atomic mass is 19.1. The molecule has 1 atom stereocenters. The Balaban J connectivity index is 1.49. The minimum Gasteiger partial charge on any atom is -0.377 e. The molecule has 0 radical (unpaired) electrons. The lowest BCUT2D eigenvalue weighted by molar-refractivity contribution is -0.00210. The molecule has 1 aliphatic heterocycles. The summed E-state index contributed by atoms with van der Waals surface area (Å²) in [5.41, 5.74) is 1.41. The molecule has 0 saturated carbocycles. The van der Waals surface area contributed by atoms with E-state index in [2.05, 4.69) is 20.4 Å². The summed E-state index contributed by atoms with van der Waals surface area (Å²) in [6, 6.07) is 7.23. The number of hydrogen-bond acceptors (Lipinski definition) is 6. The van der Waals surface area contributed by atoms with E-state index in [9.17, 15) is 9.18 Å². The van der Waals surface area contributed by atoms with Gasteiger partial charge in [-0.15, -0.1) is 0 Å². The predicted molar refractivity (Wildman–Crippen MR) is 117 cm³/mol. The molecular formula is C23H21F2N7O2. The number of nitrogens with zero attached hydrogens (tertiary/aromatic N) is 7. The second kappa shape index (κ2) is 9.10. The van der Waals surface area contributed by atoms with Crippen LogP contribution in [-0.4, -0.2) is 66.6 Å². The molecule has 0 unspecified atom stereocenters. The van der Waals surface area contributed by atoms with Crippen LogP contribution in [0.2, 0.25) is 0 Å². The Morgan fingerprint density at radius 2 is 1.74 bits per heavy atom. The molecule has 5 rings (SSSR count). The van der Waals surface area contributed by atoms with Crippen molar-refractivity contribution in [1.82, 2.24) is 34.9 Å². The Labute approximate surface area is 193 Å².